The van der Waals surface area contributed by atoms with Gasteiger partial charge in [0.25, 0.3) is 5.91 Å². The van der Waals surface area contributed by atoms with Crippen molar-refractivity contribution in [1.82, 2.24) is 14.8 Å². The minimum atomic E-state index is -4.75. The van der Waals surface area contributed by atoms with Crippen LogP contribution in [0.2, 0.25) is 0 Å². The van der Waals surface area contributed by atoms with Crippen LogP contribution in [0.25, 0.3) is 0 Å². The van der Waals surface area contributed by atoms with E-state index in [0.29, 0.717) is 12.5 Å². The Morgan fingerprint density at radius 1 is 1.22 bits per heavy atom. The zero-order valence-electron chi connectivity index (χ0n) is 20.4. The Bertz CT molecular complexity index is 1210. The summed E-state index contributed by atoms with van der Waals surface area (Å²) in [5, 5.41) is 9.14. The van der Waals surface area contributed by atoms with Gasteiger partial charge in [-0.1, -0.05) is 6.07 Å². The third-order valence-corrected chi connectivity index (χ3v) is 6.81. The number of carbonyl (C=O) groups excluding carboxylic acids is 1. The minimum Gasteiger partial charge on any atom is -0.476 e. The van der Waals surface area contributed by atoms with Crippen LogP contribution in [-0.2, 0) is 22.3 Å². The van der Waals surface area contributed by atoms with E-state index < -0.39 is 28.7 Å². The second-order valence-corrected chi connectivity index (χ2v) is 9.58. The molecule has 0 N–H and O–H groups in total. The quantitative estimate of drug-likeness (QED) is 0.500. The summed E-state index contributed by atoms with van der Waals surface area (Å²) in [6.45, 7) is 7.98. The Kier molecular flexibility index (Phi) is 7.68. The summed E-state index contributed by atoms with van der Waals surface area (Å²) in [7, 11) is 0. The van der Waals surface area contributed by atoms with Crippen LogP contribution in [0, 0.1) is 11.3 Å². The smallest absolute Gasteiger partial charge is 0.417 e. The van der Waals surface area contributed by atoms with Crippen molar-refractivity contribution in [2.24, 2.45) is 0 Å². The molecule has 196 valence electrons. The molecule has 37 heavy (non-hydrogen) atoms. The van der Waals surface area contributed by atoms with E-state index in [1.807, 2.05) is 6.07 Å². The summed E-state index contributed by atoms with van der Waals surface area (Å²) >= 11 is 5.54. The Labute approximate surface area is 218 Å². The number of rotatable bonds is 7. The Morgan fingerprint density at radius 2 is 1.95 bits per heavy atom. The third-order valence-electron chi connectivity index (χ3n) is 6.41. The van der Waals surface area contributed by atoms with Crippen LogP contribution < -0.4 is 9.64 Å². The highest BCUT2D eigenvalue weighted by atomic mass is 32.1. The van der Waals surface area contributed by atoms with Gasteiger partial charge in [0.2, 0.25) is 5.88 Å². The average molecular weight is 534 g/mol. The fourth-order valence-corrected chi connectivity index (χ4v) is 4.69. The number of aromatic nitrogens is 1. The number of hydrogen-bond donors (Lipinski definition) is 0. The number of pyridine rings is 1. The lowest BCUT2D eigenvalue weighted by atomic mass is 10.0. The highest BCUT2D eigenvalue weighted by Crippen LogP contribution is 2.38. The molecule has 4 rings (SSSR count). The number of hydrogen-bond acceptors (Lipinski definition) is 7. The molecule has 0 aliphatic carbocycles. The first-order valence-electron chi connectivity index (χ1n) is 11.7. The second-order valence-electron chi connectivity index (χ2n) is 9.21. The Morgan fingerprint density at radius 3 is 2.57 bits per heavy atom. The van der Waals surface area contributed by atoms with Crippen LogP contribution in [0.3, 0.4) is 0 Å². The van der Waals surface area contributed by atoms with Gasteiger partial charge in [0, 0.05) is 38.4 Å². The maximum atomic E-state index is 13.5. The molecule has 2 aliphatic rings. The van der Waals surface area contributed by atoms with Gasteiger partial charge in [0.15, 0.2) is 5.11 Å². The van der Waals surface area contributed by atoms with Gasteiger partial charge in [0.1, 0.15) is 12.1 Å². The molecule has 2 aromatic rings. The largest absolute Gasteiger partial charge is 0.476 e. The molecule has 0 bridgehead atoms. The van der Waals surface area contributed by atoms with E-state index in [0.717, 1.165) is 55.4 Å². The van der Waals surface area contributed by atoms with Crippen LogP contribution >= 0.6 is 12.2 Å². The number of nitriles is 1. The van der Waals surface area contributed by atoms with Crippen LogP contribution in [-0.4, -0.2) is 70.8 Å². The summed E-state index contributed by atoms with van der Waals surface area (Å²) < 4.78 is 51.6. The predicted octanol–water partition coefficient (Wildman–Crippen LogP) is 3.60. The fraction of sp³-hybridized carbons (Fsp3) is 0.440. The maximum absolute atomic E-state index is 13.5. The molecule has 1 aromatic heterocycles. The van der Waals surface area contributed by atoms with E-state index in [4.69, 9.17) is 27.0 Å². The van der Waals surface area contributed by atoms with Gasteiger partial charge in [0.05, 0.1) is 36.1 Å². The van der Waals surface area contributed by atoms with Crippen LogP contribution in [0.15, 0.2) is 36.5 Å². The molecule has 8 nitrogen and oxygen atoms in total. The van der Waals surface area contributed by atoms with E-state index in [1.54, 1.807) is 37.1 Å². The van der Waals surface area contributed by atoms with Gasteiger partial charge in [-0.05, 0) is 49.8 Å². The summed E-state index contributed by atoms with van der Waals surface area (Å²) in [6.07, 6.45) is -3.13. The molecular formula is C25H26F3N5O3S. The van der Waals surface area contributed by atoms with Crippen molar-refractivity contribution >= 4 is 28.9 Å². The molecule has 2 fully saturated rings. The molecular weight excluding hydrogens is 507 g/mol. The van der Waals surface area contributed by atoms with Crippen molar-refractivity contribution in [1.29, 1.82) is 5.26 Å². The normalized spacial score (nSPS) is 18.3. The summed E-state index contributed by atoms with van der Waals surface area (Å²) in [5.74, 6) is 0.00147. The molecule has 1 aromatic carbocycles. The first-order chi connectivity index (χ1) is 17.5. The van der Waals surface area contributed by atoms with Crippen molar-refractivity contribution in [3.05, 3.63) is 53.2 Å². The van der Waals surface area contributed by atoms with Crippen LogP contribution in [0.4, 0.5) is 18.9 Å². The van der Waals surface area contributed by atoms with Gasteiger partial charge < -0.3 is 14.4 Å². The van der Waals surface area contributed by atoms with E-state index in [9.17, 15) is 18.0 Å². The zero-order valence-corrected chi connectivity index (χ0v) is 21.2. The number of carbonyl (C=O) groups is 1. The van der Waals surface area contributed by atoms with Gasteiger partial charge in [-0.3, -0.25) is 14.6 Å². The molecule has 3 heterocycles. The van der Waals surface area contributed by atoms with Crippen LogP contribution in [0.1, 0.15) is 30.5 Å². The van der Waals surface area contributed by atoms with Gasteiger partial charge in [-0.25, -0.2) is 4.98 Å². The molecule has 0 spiro atoms. The van der Waals surface area contributed by atoms with E-state index >= 15 is 0 Å². The summed E-state index contributed by atoms with van der Waals surface area (Å²) in [6, 6.07) is 8.21. The summed E-state index contributed by atoms with van der Waals surface area (Å²) in [4.78, 5) is 22.6. The molecule has 0 unspecified atom stereocenters. The summed E-state index contributed by atoms with van der Waals surface area (Å²) in [5.41, 5.74) is -2.05. The fourth-order valence-electron chi connectivity index (χ4n) is 4.21. The number of alkyl halides is 3. The number of anilines is 1. The number of morpholine rings is 1. The first kappa shape index (κ1) is 26.8. The molecule has 1 amide bonds. The van der Waals surface area contributed by atoms with Crippen molar-refractivity contribution in [3.63, 3.8) is 0 Å². The SMILES string of the molecule is CC1(C)C(=O)N(c2ccc(C#N)c(C(F)(F)F)c2)C(=S)N1Cc1ccc(OCCN2CCOCC2)nc1. The number of benzene rings is 1. The average Bonchev–Trinajstić information content (AvgIpc) is 3.04. The Balaban J connectivity index is 1.46. The van der Waals surface area contributed by atoms with Crippen molar-refractivity contribution < 1.29 is 27.4 Å². The van der Waals surface area contributed by atoms with Gasteiger partial charge in [-0.2, -0.15) is 18.4 Å². The lowest BCUT2D eigenvalue weighted by molar-refractivity contribution is -0.137. The second kappa shape index (κ2) is 10.6. The van der Waals surface area contributed by atoms with Gasteiger partial charge in [-0.15, -0.1) is 0 Å². The molecule has 0 atom stereocenters. The van der Waals surface area contributed by atoms with Crippen molar-refractivity contribution in [3.8, 4) is 11.9 Å². The maximum Gasteiger partial charge on any atom is 0.417 e. The van der Waals surface area contributed by atoms with Crippen molar-refractivity contribution in [2.75, 3.05) is 44.4 Å². The standard InChI is InChI=1S/C25H26F3N5O3S/c1-24(2)22(34)33(19-5-4-18(14-29)20(13-19)25(26,27)28)23(37)32(24)16-17-3-6-21(30-15-17)36-12-9-31-7-10-35-11-8-31/h3-6,13,15H,7-12,16H2,1-2H3. The van der Waals surface area contributed by atoms with E-state index in [-0.39, 0.29) is 17.3 Å². The predicted molar refractivity (Wildman–Crippen MR) is 133 cm³/mol. The molecule has 0 saturated carbocycles. The topological polar surface area (TPSA) is 81.9 Å². The molecule has 0 radical (unpaired) electrons. The highest BCUT2D eigenvalue weighted by Gasteiger charge is 2.49. The van der Waals surface area contributed by atoms with E-state index in [2.05, 4.69) is 9.88 Å². The lowest BCUT2D eigenvalue weighted by Gasteiger charge is -2.29. The number of ether oxygens (including phenoxy) is 2. The lowest BCUT2D eigenvalue weighted by Crippen LogP contribution is -2.43. The number of nitrogens with zero attached hydrogens (tertiary/aromatic N) is 5. The first-order valence-corrected chi connectivity index (χ1v) is 12.1. The monoisotopic (exact) mass is 533 g/mol. The third kappa shape index (κ3) is 5.69. The Hall–Kier alpha value is -3.27. The van der Waals surface area contributed by atoms with Crippen molar-refractivity contribution in [2.45, 2.75) is 32.1 Å². The number of halogens is 3. The van der Waals surface area contributed by atoms with E-state index in [1.165, 1.54) is 6.07 Å². The zero-order chi connectivity index (χ0) is 26.8. The molecule has 2 aliphatic heterocycles. The molecule has 12 heteroatoms. The number of amides is 1. The van der Waals surface area contributed by atoms with Gasteiger partial charge >= 0.3 is 6.18 Å². The minimum absolute atomic E-state index is 0.0426. The number of thiocarbonyl (C=S) groups is 1. The molecule has 2 saturated heterocycles. The highest BCUT2D eigenvalue weighted by molar-refractivity contribution is 7.80. The van der Waals surface area contributed by atoms with Crippen LogP contribution in [0.5, 0.6) is 5.88 Å².